The fraction of sp³-hybridized carbons (Fsp3) is 0.565. The highest BCUT2D eigenvalue weighted by molar-refractivity contribution is 7.14. The molecule has 0 aromatic carbocycles. The smallest absolute Gasteiger partial charge is 0.261 e. The van der Waals surface area contributed by atoms with Gasteiger partial charge in [0.15, 0.2) is 0 Å². The number of piperidine rings is 1. The van der Waals surface area contributed by atoms with Gasteiger partial charge in [-0.3, -0.25) is 14.7 Å². The molecule has 1 spiro atoms. The molecule has 2 fully saturated rings. The molecule has 2 aromatic heterocycles. The molecule has 4 heterocycles. The van der Waals surface area contributed by atoms with Gasteiger partial charge >= 0.3 is 0 Å². The Morgan fingerprint density at radius 2 is 2.17 bits per heavy atom. The number of carbonyl (C=O) groups excluding carboxylic acids is 1. The first-order valence-electron chi connectivity index (χ1n) is 10.8. The molecular formula is C23H29N3O2S. The van der Waals surface area contributed by atoms with Crippen molar-refractivity contribution in [3.63, 3.8) is 0 Å². The molecule has 3 aliphatic rings. The Kier molecular flexibility index (Phi) is 5.18. The van der Waals surface area contributed by atoms with Gasteiger partial charge in [0.25, 0.3) is 5.91 Å². The van der Waals surface area contributed by atoms with Crippen LogP contribution in [0.25, 0.3) is 0 Å². The van der Waals surface area contributed by atoms with E-state index in [1.807, 2.05) is 13.0 Å². The minimum absolute atomic E-state index is 0.104. The number of hydrogen-bond acceptors (Lipinski definition) is 5. The Hall–Kier alpha value is -1.76. The van der Waals surface area contributed by atoms with E-state index >= 15 is 0 Å². The largest absolute Gasteiger partial charge is 0.370 e. The lowest BCUT2D eigenvalue weighted by atomic mass is 9.82. The molecule has 0 radical (unpaired) electrons. The van der Waals surface area contributed by atoms with Crippen LogP contribution in [-0.4, -0.2) is 41.5 Å². The Balaban J connectivity index is 1.28. The van der Waals surface area contributed by atoms with Crippen LogP contribution < -0.4 is 5.32 Å². The maximum Gasteiger partial charge on any atom is 0.261 e. The zero-order chi connectivity index (χ0) is 19.8. The van der Waals surface area contributed by atoms with Crippen molar-refractivity contribution in [1.29, 1.82) is 0 Å². The summed E-state index contributed by atoms with van der Waals surface area (Å²) in [6.45, 7) is 5.68. The van der Waals surface area contributed by atoms with Crippen LogP contribution in [0.15, 0.2) is 24.3 Å². The normalized spacial score (nSPS) is 21.6. The standard InChI is InChI=1S/C23H29N3O2S/c1-16-4-2-7-18(24-16)15-26-11-9-23(10-12-26)19-14-21(29-20(19)8-13-28-23)22(27)25-17-5-3-6-17/h2,4,7,14,17H,3,5-6,8-13,15H2,1H3,(H,25,27). The molecule has 1 N–H and O–H groups in total. The summed E-state index contributed by atoms with van der Waals surface area (Å²) in [7, 11) is 0. The number of amides is 1. The third-order valence-corrected chi connectivity index (χ3v) is 7.86. The third kappa shape index (κ3) is 3.86. The van der Waals surface area contributed by atoms with Crippen LogP contribution in [0.1, 0.15) is 63.6 Å². The third-order valence-electron chi connectivity index (χ3n) is 6.67. The summed E-state index contributed by atoms with van der Waals surface area (Å²) < 4.78 is 6.39. The van der Waals surface area contributed by atoms with E-state index in [1.54, 1.807) is 11.3 Å². The van der Waals surface area contributed by atoms with Gasteiger partial charge in [0, 0.05) is 42.7 Å². The van der Waals surface area contributed by atoms with Crippen molar-refractivity contribution < 1.29 is 9.53 Å². The highest BCUT2D eigenvalue weighted by atomic mass is 32.1. The van der Waals surface area contributed by atoms with Gasteiger partial charge in [-0.25, -0.2) is 0 Å². The summed E-state index contributed by atoms with van der Waals surface area (Å²) in [5, 5.41) is 3.19. The van der Waals surface area contributed by atoms with Gasteiger partial charge in [-0.15, -0.1) is 11.3 Å². The Morgan fingerprint density at radius 1 is 1.34 bits per heavy atom. The quantitative estimate of drug-likeness (QED) is 0.832. The average molecular weight is 412 g/mol. The molecule has 154 valence electrons. The molecule has 1 saturated carbocycles. The lowest BCUT2D eigenvalue weighted by molar-refractivity contribution is -0.0982. The number of thiophene rings is 1. The molecule has 6 heteroatoms. The molecule has 1 saturated heterocycles. The molecule has 5 rings (SSSR count). The Morgan fingerprint density at radius 3 is 2.90 bits per heavy atom. The Labute approximate surface area is 176 Å². The van der Waals surface area contributed by atoms with Crippen molar-refractivity contribution >= 4 is 17.2 Å². The number of aromatic nitrogens is 1. The van der Waals surface area contributed by atoms with E-state index in [0.29, 0.717) is 6.04 Å². The predicted molar refractivity (Wildman–Crippen MR) is 114 cm³/mol. The second kappa shape index (κ2) is 7.82. The molecule has 29 heavy (non-hydrogen) atoms. The number of nitrogens with one attached hydrogen (secondary N) is 1. The monoisotopic (exact) mass is 411 g/mol. The Bertz CT molecular complexity index is 897. The first-order chi connectivity index (χ1) is 14.1. The number of pyridine rings is 1. The average Bonchev–Trinajstić information content (AvgIpc) is 3.13. The topological polar surface area (TPSA) is 54.5 Å². The van der Waals surface area contributed by atoms with E-state index in [-0.39, 0.29) is 11.5 Å². The molecular weight excluding hydrogens is 382 g/mol. The number of ether oxygens (including phenoxy) is 1. The summed E-state index contributed by atoms with van der Waals surface area (Å²) in [6, 6.07) is 8.75. The van der Waals surface area contributed by atoms with E-state index in [4.69, 9.17) is 4.74 Å². The van der Waals surface area contributed by atoms with Gasteiger partial charge in [0.1, 0.15) is 0 Å². The van der Waals surface area contributed by atoms with Gasteiger partial charge in [0.05, 0.1) is 22.8 Å². The van der Waals surface area contributed by atoms with Crippen molar-refractivity contribution in [2.45, 2.75) is 63.6 Å². The second-order valence-corrected chi connectivity index (χ2v) is 9.82. The summed E-state index contributed by atoms with van der Waals surface area (Å²) >= 11 is 1.68. The van der Waals surface area contributed by atoms with E-state index in [1.165, 1.54) is 16.9 Å². The van der Waals surface area contributed by atoms with Crippen molar-refractivity contribution in [2.75, 3.05) is 19.7 Å². The maximum atomic E-state index is 12.7. The molecule has 0 bridgehead atoms. The van der Waals surface area contributed by atoms with Crippen LogP contribution in [0, 0.1) is 6.92 Å². The molecule has 0 atom stereocenters. The minimum atomic E-state index is -0.213. The minimum Gasteiger partial charge on any atom is -0.370 e. The summed E-state index contributed by atoms with van der Waals surface area (Å²) in [4.78, 5) is 22.0. The van der Waals surface area contributed by atoms with Crippen molar-refractivity contribution in [2.24, 2.45) is 0 Å². The molecule has 2 aliphatic heterocycles. The van der Waals surface area contributed by atoms with Crippen LogP contribution >= 0.6 is 11.3 Å². The van der Waals surface area contributed by atoms with Crippen molar-refractivity contribution in [1.82, 2.24) is 15.2 Å². The van der Waals surface area contributed by atoms with Crippen LogP contribution in [-0.2, 0) is 23.3 Å². The number of carbonyl (C=O) groups is 1. The molecule has 0 unspecified atom stereocenters. The molecule has 5 nitrogen and oxygen atoms in total. The lowest BCUT2D eigenvalue weighted by Crippen LogP contribution is -2.46. The highest BCUT2D eigenvalue weighted by Crippen LogP contribution is 2.44. The van der Waals surface area contributed by atoms with Crippen molar-refractivity contribution in [3.8, 4) is 0 Å². The zero-order valence-electron chi connectivity index (χ0n) is 17.1. The number of rotatable bonds is 4. The maximum absolute atomic E-state index is 12.7. The van der Waals surface area contributed by atoms with Crippen LogP contribution in [0.2, 0.25) is 0 Å². The summed E-state index contributed by atoms with van der Waals surface area (Å²) in [5.41, 5.74) is 3.27. The SMILES string of the molecule is Cc1cccc(CN2CCC3(CC2)OCCc2sc(C(=O)NC4CCC4)cc23)n1. The van der Waals surface area contributed by atoms with Crippen LogP contribution in [0.5, 0.6) is 0 Å². The van der Waals surface area contributed by atoms with Gasteiger partial charge < -0.3 is 10.1 Å². The van der Waals surface area contributed by atoms with Crippen LogP contribution in [0.4, 0.5) is 0 Å². The van der Waals surface area contributed by atoms with Gasteiger partial charge in [-0.2, -0.15) is 0 Å². The van der Waals surface area contributed by atoms with Crippen molar-refractivity contribution in [3.05, 3.63) is 51.0 Å². The van der Waals surface area contributed by atoms with Gasteiger partial charge in [0.2, 0.25) is 0 Å². The number of likely N-dealkylation sites (tertiary alicyclic amines) is 1. The van der Waals surface area contributed by atoms with Crippen LogP contribution in [0.3, 0.4) is 0 Å². The number of hydrogen-bond donors (Lipinski definition) is 1. The number of fused-ring (bicyclic) bond motifs is 2. The van der Waals surface area contributed by atoms with E-state index in [9.17, 15) is 4.79 Å². The molecule has 2 aromatic rings. The van der Waals surface area contributed by atoms with E-state index < -0.39 is 0 Å². The first-order valence-corrected chi connectivity index (χ1v) is 11.7. The number of aryl methyl sites for hydroxylation is 1. The molecule has 1 aliphatic carbocycles. The number of nitrogens with zero attached hydrogens (tertiary/aromatic N) is 2. The van der Waals surface area contributed by atoms with E-state index in [2.05, 4.69) is 33.4 Å². The highest BCUT2D eigenvalue weighted by Gasteiger charge is 2.42. The van der Waals surface area contributed by atoms with Gasteiger partial charge in [-0.1, -0.05) is 6.07 Å². The fourth-order valence-corrected chi connectivity index (χ4v) is 5.87. The summed E-state index contributed by atoms with van der Waals surface area (Å²) in [5.74, 6) is 0.104. The summed E-state index contributed by atoms with van der Waals surface area (Å²) in [6.07, 6.45) is 6.36. The lowest BCUT2D eigenvalue weighted by Gasteiger charge is -2.44. The second-order valence-electron chi connectivity index (χ2n) is 8.69. The zero-order valence-corrected chi connectivity index (χ0v) is 17.9. The van der Waals surface area contributed by atoms with E-state index in [0.717, 1.165) is 74.6 Å². The van der Waals surface area contributed by atoms with Gasteiger partial charge in [-0.05, 0) is 62.8 Å². The fourth-order valence-electron chi connectivity index (χ4n) is 4.74. The first kappa shape index (κ1) is 19.2. The molecule has 1 amide bonds. The predicted octanol–water partition coefficient (Wildman–Crippen LogP) is 3.80.